The smallest absolute Gasteiger partial charge is 0.166 e. The molecule has 9 aromatic rings. The van der Waals surface area contributed by atoms with Crippen LogP contribution in [-0.2, 0) is 0 Å². The number of rotatable bonds is 6. The Kier molecular flexibility index (Phi) is 7.42. The lowest BCUT2D eigenvalue weighted by molar-refractivity contribution is 1.06. The Morgan fingerprint density at radius 3 is 1.67 bits per heavy atom. The van der Waals surface area contributed by atoms with Gasteiger partial charge in [0, 0.05) is 39.9 Å². The molecule has 6 aromatic carbocycles. The maximum Gasteiger partial charge on any atom is 0.166 e. The predicted octanol–water partition coefficient (Wildman–Crippen LogP) is 10.6. The zero-order valence-corrected chi connectivity index (χ0v) is 27.3. The summed E-state index contributed by atoms with van der Waals surface area (Å²) in [7, 11) is 0. The van der Waals surface area contributed by atoms with Crippen molar-refractivity contribution in [3.8, 4) is 68.2 Å². The second-order valence-electron chi connectivity index (χ2n) is 12.3. The Bertz CT molecular complexity index is 2670. The van der Waals surface area contributed by atoms with Gasteiger partial charge in [-0.25, -0.2) is 15.0 Å². The lowest BCUT2D eigenvalue weighted by atomic mass is 10.0. The third-order valence-corrected chi connectivity index (χ3v) is 9.21. The van der Waals surface area contributed by atoms with E-state index in [-0.39, 0.29) is 0 Å². The third-order valence-electron chi connectivity index (χ3n) is 9.21. The highest BCUT2D eigenvalue weighted by Crippen LogP contribution is 2.39. The van der Waals surface area contributed by atoms with E-state index < -0.39 is 0 Å². The standard InChI is InChI=1S/C45H28N6/c46-29-30-15-17-31(18-16-30)35-19-21-41-38(27-35)37-13-7-8-14-40(37)51(41)42-22-20-36(32-23-25-47-26-24-32)28-39(42)45-49-43(33-9-3-1-4-10-33)48-44(50-45)34-11-5-2-6-12-34/h1-28H. The average molecular weight is 653 g/mol. The molecule has 0 saturated heterocycles. The summed E-state index contributed by atoms with van der Waals surface area (Å²) in [5.74, 6) is 1.79. The highest BCUT2D eigenvalue weighted by molar-refractivity contribution is 6.11. The summed E-state index contributed by atoms with van der Waals surface area (Å²) in [5, 5.41) is 11.6. The number of para-hydroxylation sites is 1. The van der Waals surface area contributed by atoms with E-state index in [4.69, 9.17) is 15.0 Å². The van der Waals surface area contributed by atoms with Crippen molar-refractivity contribution in [3.63, 3.8) is 0 Å². The molecule has 0 bridgehead atoms. The zero-order valence-electron chi connectivity index (χ0n) is 27.3. The van der Waals surface area contributed by atoms with Crippen LogP contribution in [0.5, 0.6) is 0 Å². The summed E-state index contributed by atoms with van der Waals surface area (Å²) in [5.41, 5.74) is 10.7. The summed E-state index contributed by atoms with van der Waals surface area (Å²) in [6.45, 7) is 0. The van der Waals surface area contributed by atoms with Crippen LogP contribution in [0.4, 0.5) is 0 Å². The number of hydrogen-bond donors (Lipinski definition) is 0. The molecular formula is C45H28N6. The summed E-state index contributed by atoms with van der Waals surface area (Å²) in [4.78, 5) is 19.5. The summed E-state index contributed by atoms with van der Waals surface area (Å²) >= 11 is 0. The van der Waals surface area contributed by atoms with Crippen LogP contribution < -0.4 is 0 Å². The molecule has 0 aliphatic rings. The van der Waals surface area contributed by atoms with Gasteiger partial charge in [-0.15, -0.1) is 0 Å². The fraction of sp³-hybridized carbons (Fsp3) is 0. The highest BCUT2D eigenvalue weighted by Gasteiger charge is 2.20. The van der Waals surface area contributed by atoms with E-state index in [1.807, 2.05) is 109 Å². The molecule has 0 aliphatic heterocycles. The molecule has 0 aliphatic carbocycles. The van der Waals surface area contributed by atoms with E-state index in [0.717, 1.165) is 66.4 Å². The second-order valence-corrected chi connectivity index (χ2v) is 12.3. The molecule has 0 radical (unpaired) electrons. The molecule has 0 amide bonds. The maximum atomic E-state index is 9.33. The number of nitriles is 1. The second kappa shape index (κ2) is 12.7. The largest absolute Gasteiger partial charge is 0.309 e. The van der Waals surface area contributed by atoms with Crippen LogP contribution >= 0.6 is 0 Å². The molecule has 6 heteroatoms. The minimum absolute atomic E-state index is 0.578. The Labute approximate surface area is 294 Å². The van der Waals surface area contributed by atoms with Crippen LogP contribution in [0.1, 0.15) is 5.56 Å². The van der Waals surface area contributed by atoms with Crippen molar-refractivity contribution in [2.45, 2.75) is 0 Å². The van der Waals surface area contributed by atoms with Gasteiger partial charge >= 0.3 is 0 Å². The number of benzene rings is 6. The SMILES string of the molecule is N#Cc1ccc(-c2ccc3c(c2)c2ccccc2n3-c2ccc(-c3ccncc3)cc2-c2nc(-c3ccccc3)nc(-c3ccccc3)n2)cc1. The van der Waals surface area contributed by atoms with Crippen LogP contribution in [0.2, 0.25) is 0 Å². The first-order valence-electron chi connectivity index (χ1n) is 16.7. The summed E-state index contributed by atoms with van der Waals surface area (Å²) in [6.07, 6.45) is 3.62. The summed E-state index contributed by atoms with van der Waals surface area (Å²) < 4.78 is 2.31. The van der Waals surface area contributed by atoms with E-state index in [1.54, 1.807) is 0 Å². The zero-order chi connectivity index (χ0) is 34.1. The molecule has 0 spiro atoms. The first-order valence-corrected chi connectivity index (χ1v) is 16.7. The van der Waals surface area contributed by atoms with E-state index >= 15 is 0 Å². The molecule has 3 heterocycles. The van der Waals surface area contributed by atoms with E-state index in [1.165, 1.54) is 0 Å². The van der Waals surface area contributed by atoms with Gasteiger partial charge in [-0.2, -0.15) is 5.26 Å². The molecule has 0 unspecified atom stereocenters. The molecule has 0 fully saturated rings. The Balaban J connectivity index is 1.32. The van der Waals surface area contributed by atoms with Gasteiger partial charge in [-0.3, -0.25) is 4.98 Å². The molecular weight excluding hydrogens is 625 g/mol. The quantitative estimate of drug-likeness (QED) is 0.179. The average Bonchev–Trinajstić information content (AvgIpc) is 3.55. The number of pyridine rings is 1. The number of aromatic nitrogens is 5. The van der Waals surface area contributed by atoms with Crippen molar-refractivity contribution in [1.29, 1.82) is 5.26 Å². The Morgan fingerprint density at radius 2 is 0.980 bits per heavy atom. The van der Waals surface area contributed by atoms with Crippen molar-refractivity contribution in [2.75, 3.05) is 0 Å². The van der Waals surface area contributed by atoms with E-state index in [0.29, 0.717) is 23.0 Å². The van der Waals surface area contributed by atoms with Gasteiger partial charge < -0.3 is 4.57 Å². The Morgan fingerprint density at radius 1 is 0.431 bits per heavy atom. The molecule has 0 saturated carbocycles. The monoisotopic (exact) mass is 652 g/mol. The summed E-state index contributed by atoms with van der Waals surface area (Å²) in [6, 6.07) is 55.6. The highest BCUT2D eigenvalue weighted by atomic mass is 15.1. The Hall–Kier alpha value is -7.23. The number of hydrogen-bond acceptors (Lipinski definition) is 5. The van der Waals surface area contributed by atoms with Crippen LogP contribution in [0.15, 0.2) is 170 Å². The molecule has 51 heavy (non-hydrogen) atoms. The first-order chi connectivity index (χ1) is 25.2. The van der Waals surface area contributed by atoms with Gasteiger partial charge in [-0.05, 0) is 76.9 Å². The van der Waals surface area contributed by atoms with Crippen molar-refractivity contribution in [2.24, 2.45) is 0 Å². The van der Waals surface area contributed by atoms with Gasteiger partial charge in [0.05, 0.1) is 28.4 Å². The minimum Gasteiger partial charge on any atom is -0.309 e. The van der Waals surface area contributed by atoms with Crippen LogP contribution in [0, 0.1) is 11.3 Å². The topological polar surface area (TPSA) is 80.3 Å². The van der Waals surface area contributed by atoms with Crippen LogP contribution in [-0.4, -0.2) is 24.5 Å². The van der Waals surface area contributed by atoms with Gasteiger partial charge in [0.2, 0.25) is 0 Å². The fourth-order valence-electron chi connectivity index (χ4n) is 6.71. The lowest BCUT2D eigenvalue weighted by Crippen LogP contribution is -2.04. The molecule has 0 N–H and O–H groups in total. The van der Waals surface area contributed by atoms with Gasteiger partial charge in [0.15, 0.2) is 17.5 Å². The molecule has 3 aromatic heterocycles. The normalized spacial score (nSPS) is 11.1. The van der Waals surface area contributed by atoms with Gasteiger partial charge in [-0.1, -0.05) is 103 Å². The van der Waals surface area contributed by atoms with E-state index in [9.17, 15) is 5.26 Å². The number of nitrogens with zero attached hydrogens (tertiary/aromatic N) is 6. The van der Waals surface area contributed by atoms with Crippen molar-refractivity contribution in [1.82, 2.24) is 24.5 Å². The predicted molar refractivity (Wildman–Crippen MR) is 204 cm³/mol. The van der Waals surface area contributed by atoms with Crippen molar-refractivity contribution in [3.05, 3.63) is 176 Å². The van der Waals surface area contributed by atoms with Crippen LogP contribution in [0.3, 0.4) is 0 Å². The van der Waals surface area contributed by atoms with Crippen molar-refractivity contribution >= 4 is 21.8 Å². The van der Waals surface area contributed by atoms with E-state index in [2.05, 4.69) is 76.3 Å². The minimum atomic E-state index is 0.578. The van der Waals surface area contributed by atoms with Gasteiger partial charge in [0.1, 0.15) is 0 Å². The molecule has 238 valence electrons. The van der Waals surface area contributed by atoms with Crippen LogP contribution in [0.25, 0.3) is 83.9 Å². The lowest BCUT2D eigenvalue weighted by Gasteiger charge is -2.16. The third kappa shape index (κ3) is 5.49. The molecule has 0 atom stereocenters. The van der Waals surface area contributed by atoms with Gasteiger partial charge in [0.25, 0.3) is 0 Å². The first kappa shape index (κ1) is 29.9. The van der Waals surface area contributed by atoms with Crippen molar-refractivity contribution < 1.29 is 0 Å². The maximum absolute atomic E-state index is 9.33. The molecule has 6 nitrogen and oxygen atoms in total. The fourth-order valence-corrected chi connectivity index (χ4v) is 6.71. The number of fused-ring (bicyclic) bond motifs is 3. The molecule has 9 rings (SSSR count).